The van der Waals surface area contributed by atoms with Gasteiger partial charge in [0.2, 0.25) is 0 Å². The molecule has 1 aromatic carbocycles. The first-order chi connectivity index (χ1) is 9.99. The molecule has 114 valence electrons. The van der Waals surface area contributed by atoms with Crippen LogP contribution in [0.3, 0.4) is 0 Å². The van der Waals surface area contributed by atoms with Crippen LogP contribution in [0.2, 0.25) is 0 Å². The Kier molecular flexibility index (Phi) is 6.39. The largest absolute Gasteiger partial charge is 0.508 e. The first-order valence-electron chi connectivity index (χ1n) is 6.65. The smallest absolute Gasteiger partial charge is 0.317 e. The lowest BCUT2D eigenvalue weighted by molar-refractivity contribution is -0.152. The van der Waals surface area contributed by atoms with Gasteiger partial charge in [0, 0.05) is 5.56 Å². The first-order valence-corrected chi connectivity index (χ1v) is 6.65. The van der Waals surface area contributed by atoms with Crippen LogP contribution in [-0.2, 0) is 19.1 Å². The number of hydrogen-bond donors (Lipinski definition) is 1. The highest BCUT2D eigenvalue weighted by atomic mass is 16.5. The molecule has 0 saturated heterocycles. The van der Waals surface area contributed by atoms with Crippen molar-refractivity contribution in [3.8, 4) is 5.75 Å². The van der Waals surface area contributed by atoms with E-state index in [0.717, 1.165) is 0 Å². The van der Waals surface area contributed by atoms with Crippen molar-refractivity contribution < 1.29 is 29.0 Å². The maximum atomic E-state index is 12.3. The molecular formula is C15H18O6. The predicted octanol–water partition coefficient (Wildman–Crippen LogP) is 1.71. The number of Topliss-reactive ketones (excluding diaryl/α,β-unsaturated/α-hetero) is 1. The third-order valence-electron chi connectivity index (χ3n) is 2.72. The number of ketones is 1. The minimum Gasteiger partial charge on any atom is -0.508 e. The molecule has 0 heterocycles. The van der Waals surface area contributed by atoms with Gasteiger partial charge in [0.15, 0.2) is 5.78 Å². The highest BCUT2D eigenvalue weighted by Gasteiger charge is 2.31. The Morgan fingerprint density at radius 3 is 2.14 bits per heavy atom. The number of benzene rings is 1. The molecular weight excluding hydrogens is 276 g/mol. The molecule has 0 radical (unpaired) electrons. The lowest BCUT2D eigenvalue weighted by Crippen LogP contribution is -2.29. The summed E-state index contributed by atoms with van der Waals surface area (Å²) in [5, 5.41) is 9.21. The Balaban J connectivity index is 2.93. The van der Waals surface area contributed by atoms with Gasteiger partial charge in [-0.2, -0.15) is 0 Å². The van der Waals surface area contributed by atoms with Crippen molar-refractivity contribution in [3.63, 3.8) is 0 Å². The molecule has 0 aliphatic rings. The third-order valence-corrected chi connectivity index (χ3v) is 2.72. The second kappa shape index (κ2) is 8.04. The van der Waals surface area contributed by atoms with Gasteiger partial charge in [-0.25, -0.2) is 0 Å². The quantitative estimate of drug-likeness (QED) is 0.468. The fourth-order valence-electron chi connectivity index (χ4n) is 1.74. The number of phenolic OH excluding ortho intramolecular Hbond substituents is 1. The fraction of sp³-hybridized carbons (Fsp3) is 0.400. The van der Waals surface area contributed by atoms with E-state index in [9.17, 15) is 19.5 Å². The van der Waals surface area contributed by atoms with E-state index in [-0.39, 0.29) is 30.9 Å². The van der Waals surface area contributed by atoms with Crippen molar-refractivity contribution in [2.75, 3.05) is 13.2 Å². The van der Waals surface area contributed by atoms with E-state index in [0.29, 0.717) is 0 Å². The van der Waals surface area contributed by atoms with Crippen LogP contribution in [0.4, 0.5) is 0 Å². The number of rotatable bonds is 7. The van der Waals surface area contributed by atoms with E-state index in [1.807, 2.05) is 0 Å². The molecule has 1 rings (SSSR count). The zero-order valence-electron chi connectivity index (χ0n) is 12.0. The van der Waals surface area contributed by atoms with E-state index < -0.39 is 23.6 Å². The van der Waals surface area contributed by atoms with Crippen LogP contribution in [0, 0.1) is 5.92 Å². The second-order valence-electron chi connectivity index (χ2n) is 4.22. The van der Waals surface area contributed by atoms with Crippen molar-refractivity contribution in [2.24, 2.45) is 5.92 Å². The van der Waals surface area contributed by atoms with E-state index in [1.54, 1.807) is 13.8 Å². The number of esters is 2. The van der Waals surface area contributed by atoms with Gasteiger partial charge in [-0.15, -0.1) is 0 Å². The van der Waals surface area contributed by atoms with Gasteiger partial charge in [0.25, 0.3) is 0 Å². The van der Waals surface area contributed by atoms with Gasteiger partial charge in [-0.1, -0.05) is 0 Å². The van der Waals surface area contributed by atoms with E-state index >= 15 is 0 Å². The molecule has 21 heavy (non-hydrogen) atoms. The molecule has 0 amide bonds. The first kappa shape index (κ1) is 16.7. The van der Waals surface area contributed by atoms with Crippen molar-refractivity contribution in [1.29, 1.82) is 0 Å². The van der Waals surface area contributed by atoms with Crippen LogP contribution < -0.4 is 0 Å². The summed E-state index contributed by atoms with van der Waals surface area (Å²) >= 11 is 0. The highest BCUT2D eigenvalue weighted by molar-refractivity contribution is 6.10. The summed E-state index contributed by atoms with van der Waals surface area (Å²) in [6.07, 6.45) is -0.369. The fourth-order valence-corrected chi connectivity index (χ4v) is 1.74. The Hall–Kier alpha value is -2.37. The van der Waals surface area contributed by atoms with Crippen molar-refractivity contribution in [3.05, 3.63) is 29.8 Å². The molecule has 0 spiro atoms. The highest BCUT2D eigenvalue weighted by Crippen LogP contribution is 2.18. The van der Waals surface area contributed by atoms with E-state index in [2.05, 4.69) is 0 Å². The molecule has 1 N–H and O–H groups in total. The summed E-state index contributed by atoms with van der Waals surface area (Å²) in [6, 6.07) is 5.43. The molecule has 1 unspecified atom stereocenters. The number of carbonyl (C=O) groups is 3. The van der Waals surface area contributed by atoms with Gasteiger partial charge in [0.1, 0.15) is 11.7 Å². The monoisotopic (exact) mass is 294 g/mol. The summed E-state index contributed by atoms with van der Waals surface area (Å²) in [6.45, 7) is 3.53. The predicted molar refractivity (Wildman–Crippen MR) is 73.8 cm³/mol. The summed E-state index contributed by atoms with van der Waals surface area (Å²) in [7, 11) is 0. The number of phenols is 1. The summed E-state index contributed by atoms with van der Waals surface area (Å²) in [5.41, 5.74) is 0.218. The Bertz CT molecular complexity index is 505. The standard InChI is InChI=1S/C15H18O6/c1-3-20-13(17)9-12(15(19)21-4-2)14(18)10-5-7-11(16)8-6-10/h5-8,12,16H,3-4,9H2,1-2H3. The zero-order valence-corrected chi connectivity index (χ0v) is 12.0. The summed E-state index contributed by atoms with van der Waals surface area (Å²) < 4.78 is 9.60. The molecule has 0 bridgehead atoms. The van der Waals surface area contributed by atoms with Crippen LogP contribution in [0.25, 0.3) is 0 Å². The summed E-state index contributed by atoms with van der Waals surface area (Å²) in [4.78, 5) is 35.7. The molecule has 1 atom stereocenters. The van der Waals surface area contributed by atoms with Gasteiger partial charge in [-0.05, 0) is 38.1 Å². The number of hydrogen-bond acceptors (Lipinski definition) is 6. The van der Waals surface area contributed by atoms with Crippen LogP contribution in [0.1, 0.15) is 30.6 Å². The Morgan fingerprint density at radius 2 is 1.62 bits per heavy atom. The molecule has 0 aliphatic heterocycles. The molecule has 1 aromatic rings. The molecule has 6 heteroatoms. The minimum absolute atomic E-state index is 0.00428. The molecule has 0 fully saturated rings. The van der Waals surface area contributed by atoms with Crippen LogP contribution >= 0.6 is 0 Å². The van der Waals surface area contributed by atoms with Crippen LogP contribution in [0.5, 0.6) is 5.75 Å². The second-order valence-corrected chi connectivity index (χ2v) is 4.22. The number of ether oxygens (including phenoxy) is 2. The average Bonchev–Trinajstić information content (AvgIpc) is 2.45. The SMILES string of the molecule is CCOC(=O)CC(C(=O)OCC)C(=O)c1ccc(O)cc1. The van der Waals surface area contributed by atoms with Crippen molar-refractivity contribution in [2.45, 2.75) is 20.3 Å². The van der Waals surface area contributed by atoms with Crippen molar-refractivity contribution >= 4 is 17.7 Å². The van der Waals surface area contributed by atoms with Crippen LogP contribution in [-0.4, -0.2) is 36.0 Å². The third kappa shape index (κ3) is 4.91. The molecule has 0 aromatic heterocycles. The average molecular weight is 294 g/mol. The van der Waals surface area contributed by atoms with E-state index in [1.165, 1.54) is 24.3 Å². The molecule has 0 aliphatic carbocycles. The molecule has 6 nitrogen and oxygen atoms in total. The van der Waals surface area contributed by atoms with Gasteiger partial charge in [0.05, 0.1) is 19.6 Å². The lowest BCUT2D eigenvalue weighted by atomic mass is 9.94. The summed E-state index contributed by atoms with van der Waals surface area (Å²) in [5.74, 6) is -3.18. The topological polar surface area (TPSA) is 89.9 Å². The number of carbonyl (C=O) groups excluding carboxylic acids is 3. The number of aromatic hydroxyl groups is 1. The van der Waals surface area contributed by atoms with Crippen molar-refractivity contribution in [1.82, 2.24) is 0 Å². The minimum atomic E-state index is -1.24. The Morgan fingerprint density at radius 1 is 1.05 bits per heavy atom. The Labute approximate surface area is 122 Å². The van der Waals surface area contributed by atoms with Gasteiger partial charge < -0.3 is 14.6 Å². The maximum absolute atomic E-state index is 12.3. The maximum Gasteiger partial charge on any atom is 0.317 e. The van der Waals surface area contributed by atoms with Gasteiger partial charge >= 0.3 is 11.9 Å². The molecule has 0 saturated carbocycles. The lowest BCUT2D eigenvalue weighted by Gasteiger charge is -2.14. The zero-order chi connectivity index (χ0) is 15.8. The normalized spacial score (nSPS) is 11.5. The van der Waals surface area contributed by atoms with Crippen LogP contribution in [0.15, 0.2) is 24.3 Å². The van der Waals surface area contributed by atoms with Gasteiger partial charge in [-0.3, -0.25) is 14.4 Å². The van der Waals surface area contributed by atoms with E-state index in [4.69, 9.17) is 9.47 Å².